The Bertz CT molecular complexity index is 399. The highest BCUT2D eigenvalue weighted by Crippen LogP contribution is 2.39. The minimum Gasteiger partial charge on any atom is -0.351 e. The zero-order valence-electron chi connectivity index (χ0n) is 9.42. The number of hydrogen-bond acceptors (Lipinski definition) is 1. The fraction of sp³-hybridized carbons (Fsp3) is 0.462. The minimum absolute atomic E-state index is 0.0538. The van der Waals surface area contributed by atoms with Crippen molar-refractivity contribution in [3.8, 4) is 0 Å². The lowest BCUT2D eigenvalue weighted by Gasteiger charge is -2.38. The molecule has 2 rings (SSSR count). The molecule has 1 N–H and O–H groups in total. The van der Waals surface area contributed by atoms with Crippen molar-refractivity contribution in [3.63, 3.8) is 0 Å². The number of hydrogen-bond donors (Lipinski definition) is 1. The Hall–Kier alpha value is -0.580. The molecule has 1 aliphatic rings. The van der Waals surface area contributed by atoms with Gasteiger partial charge in [-0.3, -0.25) is 4.79 Å². The monoisotopic (exact) mass is 329 g/mol. The van der Waals surface area contributed by atoms with Crippen LogP contribution < -0.4 is 5.32 Å². The Morgan fingerprint density at radius 3 is 2.69 bits per heavy atom. The normalized spacial score (nSPS) is 17.6. The predicted octanol–water partition coefficient (Wildman–Crippen LogP) is 3.21. The van der Waals surface area contributed by atoms with E-state index in [9.17, 15) is 4.79 Å². The van der Waals surface area contributed by atoms with Gasteiger partial charge in [0.25, 0.3) is 5.91 Å². The van der Waals surface area contributed by atoms with Gasteiger partial charge >= 0.3 is 0 Å². The van der Waals surface area contributed by atoms with Gasteiger partial charge in [0.05, 0.1) is 5.56 Å². The van der Waals surface area contributed by atoms with E-state index in [1.807, 2.05) is 24.3 Å². The number of rotatable bonds is 3. The minimum atomic E-state index is 0.0538. The first-order valence-corrected chi connectivity index (χ1v) is 6.71. The number of nitrogens with one attached hydrogen (secondary N) is 1. The largest absolute Gasteiger partial charge is 0.351 e. The van der Waals surface area contributed by atoms with E-state index in [1.165, 1.54) is 19.3 Å². The average Bonchev–Trinajstić information content (AvgIpc) is 2.24. The maximum atomic E-state index is 11.9. The molecule has 1 amide bonds. The van der Waals surface area contributed by atoms with Crippen LogP contribution in [0.2, 0.25) is 0 Å². The van der Waals surface area contributed by atoms with E-state index in [4.69, 9.17) is 0 Å². The number of halogens is 1. The fourth-order valence-corrected chi connectivity index (χ4v) is 2.62. The van der Waals surface area contributed by atoms with Crippen LogP contribution in [0.4, 0.5) is 0 Å². The first kappa shape index (κ1) is 11.9. The van der Waals surface area contributed by atoms with Gasteiger partial charge in [-0.25, -0.2) is 0 Å². The summed E-state index contributed by atoms with van der Waals surface area (Å²) in [4.78, 5) is 11.9. The molecule has 0 saturated heterocycles. The van der Waals surface area contributed by atoms with Crippen molar-refractivity contribution in [3.05, 3.63) is 33.4 Å². The van der Waals surface area contributed by atoms with Crippen LogP contribution in [0.3, 0.4) is 0 Å². The van der Waals surface area contributed by atoms with Crippen LogP contribution in [-0.2, 0) is 0 Å². The van der Waals surface area contributed by atoms with Crippen molar-refractivity contribution in [1.29, 1.82) is 0 Å². The third-order valence-corrected chi connectivity index (χ3v) is 4.30. The second-order valence-corrected chi connectivity index (χ2v) is 5.99. The average molecular weight is 329 g/mol. The van der Waals surface area contributed by atoms with Gasteiger partial charge in [0.2, 0.25) is 0 Å². The summed E-state index contributed by atoms with van der Waals surface area (Å²) in [5.41, 5.74) is 1.13. The van der Waals surface area contributed by atoms with E-state index in [0.29, 0.717) is 5.41 Å². The molecule has 0 bridgehead atoms. The number of benzene rings is 1. The van der Waals surface area contributed by atoms with Crippen LogP contribution >= 0.6 is 22.6 Å². The Balaban J connectivity index is 1.96. The molecule has 1 aliphatic carbocycles. The standard InChI is InChI=1S/C13H16INO/c1-13(7-4-8-13)9-15-12(16)10-5-2-3-6-11(10)14/h2-3,5-6H,4,7-9H2,1H3,(H,15,16). The number of carbonyl (C=O) groups excluding carboxylic acids is 1. The van der Waals surface area contributed by atoms with Crippen molar-refractivity contribution < 1.29 is 4.79 Å². The third-order valence-electron chi connectivity index (χ3n) is 3.35. The zero-order chi connectivity index (χ0) is 11.6. The molecule has 1 aromatic carbocycles. The summed E-state index contributed by atoms with van der Waals surface area (Å²) in [7, 11) is 0. The van der Waals surface area contributed by atoms with E-state index in [0.717, 1.165) is 15.7 Å². The van der Waals surface area contributed by atoms with Crippen LogP contribution in [0, 0.1) is 8.99 Å². The van der Waals surface area contributed by atoms with Crippen molar-refractivity contribution >= 4 is 28.5 Å². The highest BCUT2D eigenvalue weighted by Gasteiger charge is 2.31. The topological polar surface area (TPSA) is 29.1 Å². The molecule has 86 valence electrons. The molecule has 0 aliphatic heterocycles. The molecule has 0 aromatic heterocycles. The number of carbonyl (C=O) groups is 1. The fourth-order valence-electron chi connectivity index (χ4n) is 1.99. The lowest BCUT2D eigenvalue weighted by atomic mass is 9.70. The first-order valence-electron chi connectivity index (χ1n) is 5.63. The molecule has 16 heavy (non-hydrogen) atoms. The molecule has 0 radical (unpaired) electrons. The van der Waals surface area contributed by atoms with E-state index >= 15 is 0 Å². The Morgan fingerprint density at radius 2 is 2.12 bits per heavy atom. The van der Waals surface area contributed by atoms with E-state index in [-0.39, 0.29) is 5.91 Å². The van der Waals surface area contributed by atoms with Gasteiger partial charge < -0.3 is 5.32 Å². The molecule has 0 spiro atoms. The lowest BCUT2D eigenvalue weighted by Crippen LogP contribution is -2.40. The van der Waals surface area contributed by atoms with E-state index < -0.39 is 0 Å². The third kappa shape index (κ3) is 2.56. The van der Waals surface area contributed by atoms with Crippen LogP contribution in [0.1, 0.15) is 36.5 Å². The molecule has 1 saturated carbocycles. The molecule has 1 aromatic rings. The van der Waals surface area contributed by atoms with Gasteiger partial charge in [0.15, 0.2) is 0 Å². The predicted molar refractivity (Wildman–Crippen MR) is 73.5 cm³/mol. The van der Waals surface area contributed by atoms with Crippen LogP contribution in [-0.4, -0.2) is 12.5 Å². The van der Waals surface area contributed by atoms with E-state index in [1.54, 1.807) is 0 Å². The summed E-state index contributed by atoms with van der Waals surface area (Å²) in [6.07, 6.45) is 3.77. The smallest absolute Gasteiger partial charge is 0.252 e. The first-order chi connectivity index (χ1) is 7.61. The Kier molecular flexibility index (Phi) is 3.52. The van der Waals surface area contributed by atoms with E-state index in [2.05, 4.69) is 34.8 Å². The number of amides is 1. The molecular formula is C13H16INO. The lowest BCUT2D eigenvalue weighted by molar-refractivity contribution is 0.0890. The van der Waals surface area contributed by atoms with Gasteiger partial charge in [-0.1, -0.05) is 25.5 Å². The van der Waals surface area contributed by atoms with Gasteiger partial charge in [-0.2, -0.15) is 0 Å². The zero-order valence-corrected chi connectivity index (χ0v) is 11.6. The maximum Gasteiger partial charge on any atom is 0.252 e. The van der Waals surface area contributed by atoms with Crippen LogP contribution in [0.25, 0.3) is 0 Å². The summed E-state index contributed by atoms with van der Waals surface area (Å²) in [5, 5.41) is 3.04. The summed E-state index contributed by atoms with van der Waals surface area (Å²) in [5.74, 6) is 0.0538. The molecule has 0 atom stereocenters. The second-order valence-electron chi connectivity index (χ2n) is 4.83. The van der Waals surface area contributed by atoms with Crippen molar-refractivity contribution in [1.82, 2.24) is 5.32 Å². The van der Waals surface area contributed by atoms with Gasteiger partial charge in [0.1, 0.15) is 0 Å². The SMILES string of the molecule is CC1(CNC(=O)c2ccccc2I)CCC1. The molecular weight excluding hydrogens is 313 g/mol. The highest BCUT2D eigenvalue weighted by atomic mass is 127. The molecule has 2 nitrogen and oxygen atoms in total. The van der Waals surface area contributed by atoms with Crippen LogP contribution in [0.5, 0.6) is 0 Å². The Labute approximate surface area is 110 Å². The van der Waals surface area contributed by atoms with Crippen molar-refractivity contribution in [2.75, 3.05) is 6.54 Å². The van der Waals surface area contributed by atoms with Gasteiger partial charge in [-0.15, -0.1) is 0 Å². The second kappa shape index (κ2) is 4.73. The summed E-state index contributed by atoms with van der Waals surface area (Å²) < 4.78 is 1.01. The van der Waals surface area contributed by atoms with Crippen LogP contribution in [0.15, 0.2) is 24.3 Å². The quantitative estimate of drug-likeness (QED) is 0.848. The maximum absolute atomic E-state index is 11.9. The summed E-state index contributed by atoms with van der Waals surface area (Å²) in [6.45, 7) is 3.05. The van der Waals surface area contributed by atoms with Gasteiger partial charge in [-0.05, 0) is 53.0 Å². The summed E-state index contributed by atoms with van der Waals surface area (Å²) in [6, 6.07) is 7.69. The molecule has 0 unspecified atom stereocenters. The molecule has 3 heteroatoms. The van der Waals surface area contributed by atoms with Crippen molar-refractivity contribution in [2.45, 2.75) is 26.2 Å². The molecule has 1 fully saturated rings. The summed E-state index contributed by atoms with van der Waals surface area (Å²) >= 11 is 2.20. The Morgan fingerprint density at radius 1 is 1.44 bits per heavy atom. The van der Waals surface area contributed by atoms with Crippen molar-refractivity contribution in [2.24, 2.45) is 5.41 Å². The molecule has 0 heterocycles. The van der Waals surface area contributed by atoms with Gasteiger partial charge in [0, 0.05) is 10.1 Å². The highest BCUT2D eigenvalue weighted by molar-refractivity contribution is 14.1.